The van der Waals surface area contributed by atoms with Gasteiger partial charge >= 0.3 is 0 Å². The number of nitrogens with zero attached hydrogens (tertiary/aromatic N) is 1. The van der Waals surface area contributed by atoms with Crippen molar-refractivity contribution < 1.29 is 0 Å². The third-order valence-electron chi connectivity index (χ3n) is 4.04. The van der Waals surface area contributed by atoms with E-state index in [2.05, 4.69) is 78.9 Å². The fourth-order valence-electron chi connectivity index (χ4n) is 2.65. The molecule has 3 rings (SSSR count). The second-order valence-corrected chi connectivity index (χ2v) is 5.80. The molecule has 0 amide bonds. The molecule has 0 aromatic heterocycles. The Morgan fingerprint density at radius 1 is 1.00 bits per heavy atom. The first-order valence-corrected chi connectivity index (χ1v) is 7.28. The number of nitrogens with one attached hydrogen (secondary N) is 1. The molecule has 104 valence electrons. The van der Waals surface area contributed by atoms with E-state index in [1.165, 1.54) is 23.2 Å². The van der Waals surface area contributed by atoms with Crippen LogP contribution in [-0.4, -0.2) is 20.1 Å². The molecule has 1 fully saturated rings. The van der Waals surface area contributed by atoms with Gasteiger partial charge in [-0.15, -0.1) is 0 Å². The maximum absolute atomic E-state index is 3.66. The molecule has 1 aliphatic carbocycles. The van der Waals surface area contributed by atoms with Crippen LogP contribution in [0.2, 0.25) is 0 Å². The Bertz CT molecular complexity index is 545. The summed E-state index contributed by atoms with van der Waals surface area (Å²) in [6.45, 7) is 0.960. The van der Waals surface area contributed by atoms with Gasteiger partial charge in [0.1, 0.15) is 0 Å². The van der Waals surface area contributed by atoms with Crippen molar-refractivity contribution in [2.45, 2.75) is 24.9 Å². The topological polar surface area (TPSA) is 15.3 Å². The molecule has 2 heteroatoms. The Morgan fingerprint density at radius 2 is 1.70 bits per heavy atom. The van der Waals surface area contributed by atoms with Gasteiger partial charge in [-0.3, -0.25) is 0 Å². The third-order valence-corrected chi connectivity index (χ3v) is 4.04. The number of hydrogen-bond acceptors (Lipinski definition) is 2. The lowest BCUT2D eigenvalue weighted by atomic mass is 10.1. The second-order valence-electron chi connectivity index (χ2n) is 5.80. The van der Waals surface area contributed by atoms with Gasteiger partial charge in [0.2, 0.25) is 0 Å². The van der Waals surface area contributed by atoms with Gasteiger partial charge in [0.15, 0.2) is 0 Å². The average Bonchev–Trinajstić information content (AvgIpc) is 3.26. The van der Waals surface area contributed by atoms with Crippen molar-refractivity contribution in [2.24, 2.45) is 0 Å². The molecule has 0 bridgehead atoms. The van der Waals surface area contributed by atoms with E-state index in [-0.39, 0.29) is 0 Å². The Hall–Kier alpha value is -1.80. The van der Waals surface area contributed by atoms with Crippen LogP contribution in [0.3, 0.4) is 0 Å². The molecule has 1 N–H and O–H groups in total. The Kier molecular flexibility index (Phi) is 3.75. The van der Waals surface area contributed by atoms with Crippen LogP contribution in [0.5, 0.6) is 0 Å². The highest BCUT2D eigenvalue weighted by atomic mass is 15.1. The summed E-state index contributed by atoms with van der Waals surface area (Å²) in [5.74, 6) is 0.706. The zero-order valence-corrected chi connectivity index (χ0v) is 12.2. The van der Waals surface area contributed by atoms with Crippen molar-refractivity contribution in [1.82, 2.24) is 5.32 Å². The predicted molar refractivity (Wildman–Crippen MR) is 85.2 cm³/mol. The maximum atomic E-state index is 3.66. The van der Waals surface area contributed by atoms with Crippen LogP contribution < -0.4 is 10.2 Å². The van der Waals surface area contributed by atoms with Gasteiger partial charge in [-0.2, -0.15) is 0 Å². The third kappa shape index (κ3) is 3.02. The molecule has 20 heavy (non-hydrogen) atoms. The average molecular weight is 266 g/mol. The van der Waals surface area contributed by atoms with Crippen LogP contribution in [0.1, 0.15) is 23.5 Å². The van der Waals surface area contributed by atoms with Crippen molar-refractivity contribution in [3.05, 3.63) is 65.7 Å². The van der Waals surface area contributed by atoms with Crippen molar-refractivity contribution in [3.63, 3.8) is 0 Å². The number of anilines is 1. The normalized spacial score (nSPS) is 20.7. The summed E-state index contributed by atoms with van der Waals surface area (Å²) in [5.41, 5.74) is 4.07. The lowest BCUT2D eigenvalue weighted by Crippen LogP contribution is -2.17. The predicted octanol–water partition coefficient (Wildman–Crippen LogP) is 3.40. The molecule has 2 atom stereocenters. The summed E-state index contributed by atoms with van der Waals surface area (Å²) in [7, 11) is 4.14. The maximum Gasteiger partial charge on any atom is 0.0361 e. The Morgan fingerprint density at radius 3 is 2.35 bits per heavy atom. The molecular formula is C18H22N2. The summed E-state index contributed by atoms with van der Waals surface area (Å²) >= 11 is 0. The first-order chi connectivity index (χ1) is 9.74. The number of rotatable bonds is 5. The molecular weight excluding hydrogens is 244 g/mol. The zero-order valence-electron chi connectivity index (χ0n) is 12.2. The molecule has 0 aliphatic heterocycles. The van der Waals surface area contributed by atoms with E-state index in [0.29, 0.717) is 12.0 Å². The fraction of sp³-hybridized carbons (Fsp3) is 0.333. The smallest absolute Gasteiger partial charge is 0.0361 e. The van der Waals surface area contributed by atoms with Gasteiger partial charge in [-0.25, -0.2) is 0 Å². The zero-order chi connectivity index (χ0) is 13.9. The van der Waals surface area contributed by atoms with Crippen LogP contribution in [0.25, 0.3) is 0 Å². The van der Waals surface area contributed by atoms with Crippen molar-refractivity contribution in [3.8, 4) is 0 Å². The first kappa shape index (κ1) is 13.2. The molecule has 0 saturated heterocycles. The molecule has 0 radical (unpaired) electrons. The lowest BCUT2D eigenvalue weighted by Gasteiger charge is -2.13. The standard InChI is InChI=1S/C18H22N2/c1-20(2)16-10-8-14(9-11-16)13-19-18-12-17(18)15-6-4-3-5-7-15/h3-11,17-19H,12-13H2,1-2H3. The van der Waals surface area contributed by atoms with Gasteiger partial charge < -0.3 is 10.2 Å². The van der Waals surface area contributed by atoms with Gasteiger partial charge in [0.05, 0.1) is 0 Å². The minimum absolute atomic E-state index is 0.644. The molecule has 2 nitrogen and oxygen atoms in total. The summed E-state index contributed by atoms with van der Waals surface area (Å²) in [6, 6.07) is 20.2. The Balaban J connectivity index is 1.51. The molecule has 2 unspecified atom stereocenters. The quantitative estimate of drug-likeness (QED) is 0.892. The van der Waals surface area contributed by atoms with Crippen molar-refractivity contribution in [2.75, 3.05) is 19.0 Å². The first-order valence-electron chi connectivity index (χ1n) is 7.28. The Labute approximate surface area is 121 Å². The van der Waals surface area contributed by atoms with Gasteiger partial charge in [0.25, 0.3) is 0 Å². The van der Waals surface area contributed by atoms with Crippen molar-refractivity contribution >= 4 is 5.69 Å². The van der Waals surface area contributed by atoms with Crippen LogP contribution in [0.4, 0.5) is 5.69 Å². The van der Waals surface area contributed by atoms with Gasteiger partial charge in [-0.05, 0) is 29.7 Å². The summed E-state index contributed by atoms with van der Waals surface area (Å²) in [5, 5.41) is 3.66. The lowest BCUT2D eigenvalue weighted by molar-refractivity contribution is 0.673. The van der Waals surface area contributed by atoms with E-state index in [1.54, 1.807) is 0 Å². The largest absolute Gasteiger partial charge is 0.378 e. The van der Waals surface area contributed by atoms with Crippen molar-refractivity contribution in [1.29, 1.82) is 0 Å². The van der Waals surface area contributed by atoms with E-state index in [4.69, 9.17) is 0 Å². The van der Waals surface area contributed by atoms with E-state index in [0.717, 1.165) is 6.54 Å². The number of hydrogen-bond donors (Lipinski definition) is 1. The van der Waals surface area contributed by atoms with Crippen LogP contribution in [0, 0.1) is 0 Å². The van der Waals surface area contributed by atoms with E-state index in [1.807, 2.05) is 0 Å². The molecule has 1 aliphatic rings. The van der Waals surface area contributed by atoms with Gasteiger partial charge in [-0.1, -0.05) is 42.5 Å². The van der Waals surface area contributed by atoms with E-state index < -0.39 is 0 Å². The highest BCUT2D eigenvalue weighted by molar-refractivity contribution is 5.46. The minimum Gasteiger partial charge on any atom is -0.378 e. The van der Waals surface area contributed by atoms with Gasteiger partial charge in [0, 0.05) is 38.3 Å². The van der Waals surface area contributed by atoms with E-state index >= 15 is 0 Å². The van der Waals surface area contributed by atoms with Crippen LogP contribution in [-0.2, 0) is 6.54 Å². The SMILES string of the molecule is CN(C)c1ccc(CNC2CC2c2ccccc2)cc1. The minimum atomic E-state index is 0.644. The summed E-state index contributed by atoms with van der Waals surface area (Å²) in [4.78, 5) is 2.13. The van der Waals surface area contributed by atoms with Crippen LogP contribution >= 0.6 is 0 Å². The van der Waals surface area contributed by atoms with E-state index in [9.17, 15) is 0 Å². The molecule has 1 saturated carbocycles. The molecule has 2 aromatic rings. The highest BCUT2D eigenvalue weighted by Crippen LogP contribution is 2.40. The fourth-order valence-corrected chi connectivity index (χ4v) is 2.65. The number of benzene rings is 2. The monoisotopic (exact) mass is 266 g/mol. The second kappa shape index (κ2) is 5.68. The molecule has 2 aromatic carbocycles. The summed E-state index contributed by atoms with van der Waals surface area (Å²) in [6.07, 6.45) is 1.26. The molecule has 0 spiro atoms. The summed E-state index contributed by atoms with van der Waals surface area (Å²) < 4.78 is 0. The molecule has 0 heterocycles. The highest BCUT2D eigenvalue weighted by Gasteiger charge is 2.37. The van der Waals surface area contributed by atoms with Crippen LogP contribution in [0.15, 0.2) is 54.6 Å².